The highest BCUT2D eigenvalue weighted by Gasteiger charge is 2.17. The molecule has 2 N–H and O–H groups in total. The predicted molar refractivity (Wildman–Crippen MR) is 58.0 cm³/mol. The molecule has 84 valence electrons. The first kappa shape index (κ1) is 10.9. The highest BCUT2D eigenvalue weighted by Crippen LogP contribution is 2.32. The van der Waals surface area contributed by atoms with E-state index in [9.17, 15) is 8.78 Å². The monoisotopic (exact) mass is 243 g/mol. The molecule has 16 heavy (non-hydrogen) atoms. The molecule has 2 aromatic rings. The van der Waals surface area contributed by atoms with Crippen molar-refractivity contribution in [2.24, 2.45) is 7.05 Å². The highest BCUT2D eigenvalue weighted by molar-refractivity contribution is 6.31. The van der Waals surface area contributed by atoms with Crippen LogP contribution in [0.5, 0.6) is 0 Å². The Bertz CT molecular complexity index is 532. The van der Waals surface area contributed by atoms with Crippen molar-refractivity contribution in [3.63, 3.8) is 0 Å². The Kier molecular flexibility index (Phi) is 2.55. The smallest absolute Gasteiger partial charge is 0.154 e. The molecule has 0 radical (unpaired) electrons. The van der Waals surface area contributed by atoms with E-state index in [4.69, 9.17) is 17.3 Å². The van der Waals surface area contributed by atoms with Crippen LogP contribution in [0, 0.1) is 11.6 Å². The number of nitrogens with zero attached hydrogens (tertiary/aromatic N) is 2. The Labute approximate surface area is 95.4 Å². The zero-order chi connectivity index (χ0) is 11.9. The second-order valence-corrected chi connectivity index (χ2v) is 3.67. The van der Waals surface area contributed by atoms with Crippen LogP contribution in [-0.4, -0.2) is 9.78 Å². The zero-order valence-corrected chi connectivity index (χ0v) is 9.09. The van der Waals surface area contributed by atoms with Crippen molar-refractivity contribution in [3.05, 3.63) is 35.0 Å². The van der Waals surface area contributed by atoms with Crippen LogP contribution in [0.1, 0.15) is 0 Å². The van der Waals surface area contributed by atoms with Gasteiger partial charge < -0.3 is 5.73 Å². The first-order valence-electron chi connectivity index (χ1n) is 4.43. The number of nitrogens with two attached hydrogens (primary N) is 1. The van der Waals surface area contributed by atoms with Crippen molar-refractivity contribution in [2.45, 2.75) is 0 Å². The molecule has 0 aliphatic carbocycles. The predicted octanol–water partition coefficient (Wildman–Crippen LogP) is 2.60. The number of halogens is 3. The minimum atomic E-state index is -0.836. The molecule has 0 fully saturated rings. The first-order chi connectivity index (χ1) is 7.52. The molecule has 0 aliphatic heterocycles. The summed E-state index contributed by atoms with van der Waals surface area (Å²) in [5, 5.41) is 3.33. The van der Waals surface area contributed by atoms with Crippen LogP contribution in [0.4, 0.5) is 14.5 Å². The lowest BCUT2D eigenvalue weighted by Crippen LogP contribution is -1.99. The van der Waals surface area contributed by atoms with E-state index in [1.807, 2.05) is 0 Å². The van der Waals surface area contributed by atoms with E-state index in [0.29, 0.717) is 11.4 Å². The van der Waals surface area contributed by atoms with E-state index in [1.165, 1.54) is 16.9 Å². The fourth-order valence-electron chi connectivity index (χ4n) is 1.49. The van der Waals surface area contributed by atoms with Crippen LogP contribution < -0.4 is 5.73 Å². The van der Waals surface area contributed by atoms with Crippen LogP contribution in [0.2, 0.25) is 5.02 Å². The van der Waals surface area contributed by atoms with Crippen molar-refractivity contribution in [1.29, 1.82) is 0 Å². The number of hydrogen-bond acceptors (Lipinski definition) is 2. The lowest BCUT2D eigenvalue weighted by molar-refractivity contribution is 0.585. The molecular weight excluding hydrogens is 236 g/mol. The topological polar surface area (TPSA) is 43.8 Å². The lowest BCUT2D eigenvalue weighted by atomic mass is 10.1. The fourth-order valence-corrected chi connectivity index (χ4v) is 1.66. The maximum absolute atomic E-state index is 13.7. The van der Waals surface area contributed by atoms with Crippen LogP contribution >= 0.6 is 11.6 Å². The summed E-state index contributed by atoms with van der Waals surface area (Å²) in [7, 11) is 1.61. The maximum Gasteiger partial charge on any atom is 0.154 e. The van der Waals surface area contributed by atoms with Gasteiger partial charge in [-0.25, -0.2) is 8.78 Å². The molecule has 6 heteroatoms. The molecule has 0 unspecified atom stereocenters. The molecular formula is C10H8ClF2N3. The van der Waals surface area contributed by atoms with E-state index in [1.54, 1.807) is 7.05 Å². The molecule has 0 saturated carbocycles. The van der Waals surface area contributed by atoms with Crippen LogP contribution in [0.25, 0.3) is 11.3 Å². The summed E-state index contributed by atoms with van der Waals surface area (Å²) < 4.78 is 28.1. The van der Waals surface area contributed by atoms with Crippen molar-refractivity contribution in [3.8, 4) is 11.3 Å². The molecule has 0 saturated heterocycles. The number of aromatic nitrogens is 2. The summed E-state index contributed by atoms with van der Waals surface area (Å²) in [6.07, 6.45) is 1.39. The van der Waals surface area contributed by atoms with Gasteiger partial charge in [0.2, 0.25) is 0 Å². The molecule has 1 aromatic carbocycles. The average molecular weight is 244 g/mol. The van der Waals surface area contributed by atoms with Gasteiger partial charge in [-0.05, 0) is 12.1 Å². The van der Waals surface area contributed by atoms with Gasteiger partial charge in [-0.1, -0.05) is 11.6 Å². The van der Waals surface area contributed by atoms with Gasteiger partial charge in [0.25, 0.3) is 0 Å². The molecule has 1 aromatic heterocycles. The second-order valence-electron chi connectivity index (χ2n) is 3.30. The molecule has 0 amide bonds. The first-order valence-corrected chi connectivity index (χ1v) is 4.81. The summed E-state index contributed by atoms with van der Waals surface area (Å²) in [6, 6.07) is 2.37. The Morgan fingerprint density at radius 2 is 2.06 bits per heavy atom. The third kappa shape index (κ3) is 1.53. The van der Waals surface area contributed by atoms with Crippen molar-refractivity contribution in [1.82, 2.24) is 9.78 Å². The SMILES string of the molecule is Cn1ncc(N)c1-c1ccc(F)c(Cl)c1F. The summed E-state index contributed by atoms with van der Waals surface area (Å²) in [5.41, 5.74) is 6.46. The van der Waals surface area contributed by atoms with Gasteiger partial charge in [0.1, 0.15) is 10.8 Å². The molecule has 0 bridgehead atoms. The summed E-state index contributed by atoms with van der Waals surface area (Å²) in [4.78, 5) is 0. The van der Waals surface area contributed by atoms with Crippen molar-refractivity contribution >= 4 is 17.3 Å². The molecule has 0 atom stereocenters. The van der Waals surface area contributed by atoms with Crippen molar-refractivity contribution < 1.29 is 8.78 Å². The second kappa shape index (κ2) is 3.75. The number of rotatable bonds is 1. The number of nitrogen functional groups attached to an aromatic ring is 1. The van der Waals surface area contributed by atoms with Gasteiger partial charge in [0.05, 0.1) is 17.6 Å². The lowest BCUT2D eigenvalue weighted by Gasteiger charge is -2.07. The highest BCUT2D eigenvalue weighted by atomic mass is 35.5. The Morgan fingerprint density at radius 1 is 1.38 bits per heavy atom. The van der Waals surface area contributed by atoms with E-state index in [-0.39, 0.29) is 5.56 Å². The van der Waals surface area contributed by atoms with Gasteiger partial charge in [-0.15, -0.1) is 0 Å². The average Bonchev–Trinajstić information content (AvgIpc) is 2.57. The Morgan fingerprint density at radius 3 is 2.62 bits per heavy atom. The molecule has 0 aliphatic rings. The standard InChI is InChI=1S/C10H8ClF2N3/c1-16-10(7(14)4-15-16)5-2-3-6(12)8(11)9(5)13/h2-4H,14H2,1H3. The van der Waals surface area contributed by atoms with Crippen LogP contribution in [0.15, 0.2) is 18.3 Å². The summed E-state index contributed by atoms with van der Waals surface area (Å²) >= 11 is 5.48. The fraction of sp³-hybridized carbons (Fsp3) is 0.100. The van der Waals surface area contributed by atoms with Gasteiger partial charge in [0.15, 0.2) is 5.82 Å². The Balaban J connectivity index is 2.71. The van der Waals surface area contributed by atoms with E-state index in [2.05, 4.69) is 5.10 Å². The van der Waals surface area contributed by atoms with Crippen LogP contribution in [-0.2, 0) is 7.05 Å². The quantitative estimate of drug-likeness (QED) is 0.783. The minimum absolute atomic E-state index is 0.129. The normalized spacial score (nSPS) is 10.8. The third-order valence-corrected chi connectivity index (χ3v) is 2.60. The molecule has 0 spiro atoms. The molecule has 2 rings (SSSR count). The number of anilines is 1. The number of hydrogen-bond donors (Lipinski definition) is 1. The van der Waals surface area contributed by atoms with Gasteiger partial charge in [-0.3, -0.25) is 4.68 Å². The number of benzene rings is 1. The molecule has 3 nitrogen and oxygen atoms in total. The zero-order valence-electron chi connectivity index (χ0n) is 8.34. The van der Waals surface area contributed by atoms with Gasteiger partial charge >= 0.3 is 0 Å². The van der Waals surface area contributed by atoms with Crippen LogP contribution in [0.3, 0.4) is 0 Å². The maximum atomic E-state index is 13.7. The van der Waals surface area contributed by atoms with E-state index in [0.717, 1.165) is 6.07 Å². The summed E-state index contributed by atoms with van der Waals surface area (Å²) in [6.45, 7) is 0. The van der Waals surface area contributed by atoms with Crippen molar-refractivity contribution in [2.75, 3.05) is 5.73 Å². The van der Waals surface area contributed by atoms with E-state index >= 15 is 0 Å². The summed E-state index contributed by atoms with van der Waals surface area (Å²) in [5.74, 6) is -1.64. The Hall–Kier alpha value is -1.62. The van der Waals surface area contributed by atoms with E-state index < -0.39 is 16.7 Å². The van der Waals surface area contributed by atoms with Gasteiger partial charge in [0, 0.05) is 12.6 Å². The molecule has 1 heterocycles. The minimum Gasteiger partial charge on any atom is -0.396 e. The third-order valence-electron chi connectivity index (χ3n) is 2.26. The van der Waals surface area contributed by atoms with Gasteiger partial charge in [-0.2, -0.15) is 5.10 Å². The number of aryl methyl sites for hydroxylation is 1. The largest absolute Gasteiger partial charge is 0.396 e.